The Labute approximate surface area is 78.7 Å². The van der Waals surface area contributed by atoms with Gasteiger partial charge in [-0.1, -0.05) is 0 Å². The molecule has 13 heavy (non-hydrogen) atoms. The highest BCUT2D eigenvalue weighted by Crippen LogP contribution is 2.16. The molecule has 0 aliphatic carbocycles. The van der Waals surface area contributed by atoms with Crippen molar-refractivity contribution < 1.29 is 9.90 Å². The van der Waals surface area contributed by atoms with Gasteiger partial charge in [0.05, 0.1) is 0 Å². The smallest absolute Gasteiger partial charge is 0.404 e. The van der Waals surface area contributed by atoms with Crippen molar-refractivity contribution in [2.24, 2.45) is 5.92 Å². The van der Waals surface area contributed by atoms with Gasteiger partial charge < -0.3 is 15.7 Å². The van der Waals surface area contributed by atoms with Gasteiger partial charge in [-0.2, -0.15) is 0 Å². The van der Waals surface area contributed by atoms with E-state index in [1.54, 1.807) is 0 Å². The molecule has 1 heterocycles. The van der Waals surface area contributed by atoms with E-state index in [1.165, 1.54) is 12.8 Å². The van der Waals surface area contributed by atoms with Gasteiger partial charge in [0.1, 0.15) is 0 Å². The fourth-order valence-electron chi connectivity index (χ4n) is 1.76. The van der Waals surface area contributed by atoms with E-state index in [4.69, 9.17) is 5.11 Å². The first-order valence-corrected chi connectivity index (χ1v) is 4.96. The first-order chi connectivity index (χ1) is 6.29. The van der Waals surface area contributed by atoms with E-state index >= 15 is 0 Å². The van der Waals surface area contributed by atoms with E-state index in [2.05, 4.69) is 10.6 Å². The largest absolute Gasteiger partial charge is 0.465 e. The maximum absolute atomic E-state index is 10.1. The molecule has 0 aromatic heterocycles. The Balaban J connectivity index is 1.95. The van der Waals surface area contributed by atoms with Crippen LogP contribution in [0.15, 0.2) is 0 Å². The lowest BCUT2D eigenvalue weighted by Gasteiger charge is -2.22. The molecular weight excluding hydrogens is 168 g/mol. The number of carbonyl (C=O) groups is 1. The van der Waals surface area contributed by atoms with Crippen LogP contribution < -0.4 is 10.6 Å². The zero-order chi connectivity index (χ0) is 9.52. The average molecular weight is 186 g/mol. The van der Waals surface area contributed by atoms with Crippen LogP contribution in [-0.2, 0) is 0 Å². The van der Waals surface area contributed by atoms with Gasteiger partial charge in [0.15, 0.2) is 0 Å². The Hall–Kier alpha value is -0.770. The van der Waals surface area contributed by atoms with Crippen molar-refractivity contribution in [3.05, 3.63) is 0 Å². The minimum absolute atomic E-state index is 0.596. The van der Waals surface area contributed by atoms with Gasteiger partial charge in [0, 0.05) is 6.54 Å². The lowest BCUT2D eigenvalue weighted by Crippen LogP contribution is -2.28. The third-order valence-corrected chi connectivity index (χ3v) is 2.52. The lowest BCUT2D eigenvalue weighted by atomic mass is 9.93. The van der Waals surface area contributed by atoms with Crippen molar-refractivity contribution in [3.8, 4) is 0 Å². The van der Waals surface area contributed by atoms with Crippen molar-refractivity contribution in [1.82, 2.24) is 10.6 Å². The van der Waals surface area contributed by atoms with E-state index in [0.29, 0.717) is 6.54 Å². The van der Waals surface area contributed by atoms with Crippen molar-refractivity contribution in [3.63, 3.8) is 0 Å². The topological polar surface area (TPSA) is 61.4 Å². The van der Waals surface area contributed by atoms with Crippen LogP contribution in [0.5, 0.6) is 0 Å². The van der Waals surface area contributed by atoms with Crippen LogP contribution in [0.4, 0.5) is 4.79 Å². The van der Waals surface area contributed by atoms with Crippen LogP contribution in [0.25, 0.3) is 0 Å². The molecule has 1 amide bonds. The highest BCUT2D eigenvalue weighted by Gasteiger charge is 2.11. The number of hydrogen-bond donors (Lipinski definition) is 3. The van der Waals surface area contributed by atoms with Crippen molar-refractivity contribution in [2.75, 3.05) is 19.6 Å². The third kappa shape index (κ3) is 4.72. The van der Waals surface area contributed by atoms with Gasteiger partial charge in [-0.25, -0.2) is 4.79 Å². The van der Waals surface area contributed by atoms with Gasteiger partial charge in [-0.3, -0.25) is 0 Å². The Morgan fingerprint density at radius 3 is 2.77 bits per heavy atom. The molecule has 0 radical (unpaired) electrons. The predicted molar refractivity (Wildman–Crippen MR) is 50.9 cm³/mol. The van der Waals surface area contributed by atoms with Gasteiger partial charge in [0.2, 0.25) is 0 Å². The Bertz CT molecular complexity index is 156. The summed E-state index contributed by atoms with van der Waals surface area (Å²) in [4.78, 5) is 10.1. The summed E-state index contributed by atoms with van der Waals surface area (Å²) < 4.78 is 0. The van der Waals surface area contributed by atoms with Crippen LogP contribution >= 0.6 is 0 Å². The van der Waals surface area contributed by atoms with Crippen LogP contribution in [0, 0.1) is 5.92 Å². The number of nitrogens with one attached hydrogen (secondary N) is 2. The lowest BCUT2D eigenvalue weighted by molar-refractivity contribution is 0.194. The molecule has 0 spiro atoms. The van der Waals surface area contributed by atoms with Gasteiger partial charge >= 0.3 is 6.09 Å². The van der Waals surface area contributed by atoms with Gasteiger partial charge in [0.25, 0.3) is 0 Å². The van der Waals surface area contributed by atoms with Crippen LogP contribution in [0.3, 0.4) is 0 Å². The summed E-state index contributed by atoms with van der Waals surface area (Å²) in [5.74, 6) is 0.803. The molecule has 4 heteroatoms. The molecule has 0 aromatic carbocycles. The molecule has 76 valence electrons. The summed E-state index contributed by atoms with van der Waals surface area (Å²) in [6.45, 7) is 2.84. The van der Waals surface area contributed by atoms with Crippen LogP contribution in [0.1, 0.15) is 25.7 Å². The second-order valence-electron chi connectivity index (χ2n) is 3.57. The fraction of sp³-hybridized carbons (Fsp3) is 0.889. The molecule has 1 aliphatic heterocycles. The van der Waals surface area contributed by atoms with E-state index in [1.807, 2.05) is 0 Å². The third-order valence-electron chi connectivity index (χ3n) is 2.52. The minimum atomic E-state index is -0.912. The maximum atomic E-state index is 10.1. The average Bonchev–Trinajstić information content (AvgIpc) is 2.14. The molecule has 1 fully saturated rings. The number of hydrogen-bond acceptors (Lipinski definition) is 2. The zero-order valence-electron chi connectivity index (χ0n) is 7.88. The summed E-state index contributed by atoms with van der Waals surface area (Å²) in [6, 6.07) is 0. The minimum Gasteiger partial charge on any atom is -0.465 e. The van der Waals surface area contributed by atoms with Crippen molar-refractivity contribution in [1.29, 1.82) is 0 Å². The molecule has 0 saturated carbocycles. The van der Waals surface area contributed by atoms with Crippen molar-refractivity contribution in [2.45, 2.75) is 25.7 Å². The van der Waals surface area contributed by atoms with Gasteiger partial charge in [-0.05, 0) is 44.7 Å². The SMILES string of the molecule is O=C(O)NCCCC1CCNCC1. The number of carboxylic acid groups (broad SMARTS) is 1. The summed E-state index contributed by atoms with van der Waals surface area (Å²) in [5, 5.41) is 14.0. The first kappa shape index (κ1) is 10.3. The molecule has 1 aliphatic rings. The number of amides is 1. The molecule has 4 nitrogen and oxygen atoms in total. The normalized spacial score (nSPS) is 18.5. The monoisotopic (exact) mass is 186 g/mol. The summed E-state index contributed by atoms with van der Waals surface area (Å²) in [6.07, 6.45) is 3.70. The molecular formula is C9H18N2O2. The number of rotatable bonds is 4. The van der Waals surface area contributed by atoms with Crippen molar-refractivity contribution >= 4 is 6.09 Å². The summed E-state index contributed by atoms with van der Waals surface area (Å²) in [5.41, 5.74) is 0. The Kier molecular flexibility index (Phi) is 4.60. The van der Waals surface area contributed by atoms with Gasteiger partial charge in [-0.15, -0.1) is 0 Å². The standard InChI is InChI=1S/C9H18N2O2/c12-9(13)11-5-1-2-8-3-6-10-7-4-8/h8,10-11H,1-7H2,(H,12,13). The number of piperidine rings is 1. The molecule has 0 bridgehead atoms. The van der Waals surface area contributed by atoms with E-state index in [9.17, 15) is 4.79 Å². The predicted octanol–water partition coefficient (Wildman–Crippen LogP) is 1.03. The molecule has 0 aromatic rings. The van der Waals surface area contributed by atoms with Crippen LogP contribution in [-0.4, -0.2) is 30.8 Å². The Morgan fingerprint density at radius 1 is 1.46 bits per heavy atom. The van der Waals surface area contributed by atoms with E-state index in [0.717, 1.165) is 31.8 Å². The zero-order valence-corrected chi connectivity index (χ0v) is 7.88. The van der Waals surface area contributed by atoms with Crippen LogP contribution in [0.2, 0.25) is 0 Å². The highest BCUT2D eigenvalue weighted by molar-refractivity contribution is 5.64. The quantitative estimate of drug-likeness (QED) is 0.575. The summed E-state index contributed by atoms with van der Waals surface area (Å²) >= 11 is 0. The Morgan fingerprint density at radius 2 is 2.15 bits per heavy atom. The second-order valence-corrected chi connectivity index (χ2v) is 3.57. The van der Waals surface area contributed by atoms with E-state index < -0.39 is 6.09 Å². The van der Waals surface area contributed by atoms with E-state index in [-0.39, 0.29) is 0 Å². The second kappa shape index (κ2) is 5.80. The molecule has 1 saturated heterocycles. The highest BCUT2D eigenvalue weighted by atomic mass is 16.4. The molecule has 3 N–H and O–H groups in total. The molecule has 0 unspecified atom stereocenters. The molecule has 0 atom stereocenters. The molecule has 1 rings (SSSR count). The summed E-state index contributed by atoms with van der Waals surface area (Å²) in [7, 11) is 0. The maximum Gasteiger partial charge on any atom is 0.404 e. The first-order valence-electron chi connectivity index (χ1n) is 4.96. The fourth-order valence-corrected chi connectivity index (χ4v) is 1.76.